The van der Waals surface area contributed by atoms with Gasteiger partial charge in [0.1, 0.15) is 11.8 Å². The van der Waals surface area contributed by atoms with Gasteiger partial charge in [0, 0.05) is 23.7 Å². The molecule has 0 aliphatic heterocycles. The van der Waals surface area contributed by atoms with Gasteiger partial charge in [0.15, 0.2) is 5.58 Å². The zero-order valence-corrected chi connectivity index (χ0v) is 14.4. The van der Waals surface area contributed by atoms with Crippen molar-refractivity contribution in [1.29, 1.82) is 0 Å². The maximum absolute atomic E-state index is 12.4. The molecule has 0 bridgehead atoms. The van der Waals surface area contributed by atoms with E-state index in [-0.39, 0.29) is 24.5 Å². The minimum absolute atomic E-state index is 0.0156. The van der Waals surface area contributed by atoms with Gasteiger partial charge in [-0.3, -0.25) is 4.79 Å². The summed E-state index contributed by atoms with van der Waals surface area (Å²) in [6.07, 6.45) is 5.77. The number of fused-ring (bicyclic) bond motifs is 1. The number of nitrogens with zero attached hydrogens (tertiary/aromatic N) is 2. The molecule has 4 rings (SSSR count). The number of nitrogens with one attached hydrogen (secondary N) is 1. The van der Waals surface area contributed by atoms with E-state index in [2.05, 4.69) is 15.5 Å². The third kappa shape index (κ3) is 3.85. The second kappa shape index (κ2) is 7.56. The molecule has 1 aliphatic carbocycles. The average Bonchev–Trinajstić information content (AvgIpc) is 3.07. The van der Waals surface area contributed by atoms with Crippen LogP contribution in [-0.4, -0.2) is 28.2 Å². The van der Waals surface area contributed by atoms with Crippen LogP contribution < -0.4 is 10.1 Å². The van der Waals surface area contributed by atoms with Crippen molar-refractivity contribution in [2.24, 2.45) is 0 Å². The van der Waals surface area contributed by atoms with E-state index in [0.29, 0.717) is 17.2 Å². The van der Waals surface area contributed by atoms with Crippen molar-refractivity contribution in [3.8, 4) is 5.88 Å². The maximum atomic E-state index is 12.4. The Balaban J connectivity index is 1.27. The van der Waals surface area contributed by atoms with E-state index in [4.69, 9.17) is 9.26 Å². The van der Waals surface area contributed by atoms with E-state index in [1.165, 1.54) is 0 Å². The van der Waals surface area contributed by atoms with Gasteiger partial charge in [-0.1, -0.05) is 23.4 Å². The first-order valence-corrected chi connectivity index (χ1v) is 8.98. The first kappa shape index (κ1) is 16.6. The Morgan fingerprint density at radius 2 is 1.92 bits per heavy atom. The van der Waals surface area contributed by atoms with Crippen molar-refractivity contribution in [2.75, 3.05) is 0 Å². The number of hydrogen-bond acceptors (Lipinski definition) is 5. The van der Waals surface area contributed by atoms with Gasteiger partial charge in [-0.15, -0.1) is 0 Å². The van der Waals surface area contributed by atoms with Gasteiger partial charge in [-0.05, 0) is 43.9 Å². The quantitative estimate of drug-likeness (QED) is 0.763. The lowest BCUT2D eigenvalue weighted by atomic mass is 9.93. The molecule has 1 saturated carbocycles. The molecule has 1 aromatic carbocycles. The van der Waals surface area contributed by atoms with E-state index in [0.717, 1.165) is 31.1 Å². The van der Waals surface area contributed by atoms with Crippen LogP contribution in [0.4, 0.5) is 0 Å². The molecule has 1 aliphatic rings. The molecule has 6 heteroatoms. The molecule has 3 aromatic rings. The van der Waals surface area contributed by atoms with Crippen LogP contribution in [0.3, 0.4) is 0 Å². The zero-order chi connectivity index (χ0) is 17.8. The minimum atomic E-state index is -0.0156. The van der Waals surface area contributed by atoms with Crippen LogP contribution in [0.1, 0.15) is 31.4 Å². The summed E-state index contributed by atoms with van der Waals surface area (Å²) in [6, 6.07) is 13.4. The van der Waals surface area contributed by atoms with Gasteiger partial charge >= 0.3 is 0 Å². The van der Waals surface area contributed by atoms with E-state index < -0.39 is 0 Å². The number of rotatable bonds is 5. The standard InChI is InChI=1S/C20H21N3O3/c24-19(13-17-16-5-1-2-6-18(16)26-23-17)22-14-8-10-15(11-9-14)25-20-7-3-4-12-21-20/h1-7,12,14-15H,8-11,13H2,(H,22,24). The number of amides is 1. The molecule has 26 heavy (non-hydrogen) atoms. The highest BCUT2D eigenvalue weighted by molar-refractivity contribution is 5.86. The summed E-state index contributed by atoms with van der Waals surface area (Å²) in [5.41, 5.74) is 1.40. The van der Waals surface area contributed by atoms with Gasteiger partial charge in [-0.2, -0.15) is 0 Å². The molecular weight excluding hydrogens is 330 g/mol. The fourth-order valence-corrected chi connectivity index (χ4v) is 3.41. The summed E-state index contributed by atoms with van der Waals surface area (Å²) in [5.74, 6) is 0.649. The first-order chi connectivity index (χ1) is 12.8. The molecule has 1 N–H and O–H groups in total. The summed E-state index contributed by atoms with van der Waals surface area (Å²) in [4.78, 5) is 16.6. The average molecular weight is 351 g/mol. The smallest absolute Gasteiger partial charge is 0.226 e. The van der Waals surface area contributed by atoms with Crippen molar-refractivity contribution < 1.29 is 14.1 Å². The van der Waals surface area contributed by atoms with E-state index >= 15 is 0 Å². The highest BCUT2D eigenvalue weighted by Crippen LogP contribution is 2.23. The second-order valence-corrected chi connectivity index (χ2v) is 6.63. The molecule has 134 valence electrons. The summed E-state index contributed by atoms with van der Waals surface area (Å²) in [5, 5.41) is 8.04. The number of hydrogen-bond donors (Lipinski definition) is 1. The predicted octanol–water partition coefficient (Wildman–Crippen LogP) is 3.27. The predicted molar refractivity (Wildman–Crippen MR) is 96.8 cm³/mol. The Labute approximate surface area is 151 Å². The van der Waals surface area contributed by atoms with E-state index in [9.17, 15) is 4.79 Å². The molecule has 0 atom stereocenters. The number of carbonyl (C=O) groups excluding carboxylic acids is 1. The lowest BCUT2D eigenvalue weighted by molar-refractivity contribution is -0.121. The zero-order valence-electron chi connectivity index (χ0n) is 14.4. The lowest BCUT2D eigenvalue weighted by Gasteiger charge is -2.29. The molecule has 0 saturated heterocycles. The number of benzene rings is 1. The number of aromatic nitrogens is 2. The van der Waals surface area contributed by atoms with Crippen LogP contribution in [0.2, 0.25) is 0 Å². The van der Waals surface area contributed by atoms with Crippen molar-refractivity contribution in [3.63, 3.8) is 0 Å². The van der Waals surface area contributed by atoms with Gasteiger partial charge in [-0.25, -0.2) is 4.98 Å². The normalized spacial score (nSPS) is 20.0. The highest BCUT2D eigenvalue weighted by atomic mass is 16.5. The highest BCUT2D eigenvalue weighted by Gasteiger charge is 2.24. The van der Waals surface area contributed by atoms with Crippen molar-refractivity contribution in [3.05, 3.63) is 54.4 Å². The lowest BCUT2D eigenvalue weighted by Crippen LogP contribution is -2.40. The second-order valence-electron chi connectivity index (χ2n) is 6.63. The van der Waals surface area contributed by atoms with Crippen LogP contribution in [0.15, 0.2) is 53.2 Å². The van der Waals surface area contributed by atoms with Crippen molar-refractivity contribution >= 4 is 16.9 Å². The Morgan fingerprint density at radius 1 is 1.12 bits per heavy atom. The van der Waals surface area contributed by atoms with E-state index in [1.54, 1.807) is 6.20 Å². The van der Waals surface area contributed by atoms with Crippen molar-refractivity contribution in [2.45, 2.75) is 44.2 Å². The Hall–Kier alpha value is -2.89. The van der Waals surface area contributed by atoms with Crippen LogP contribution in [0.5, 0.6) is 5.88 Å². The third-order valence-corrected chi connectivity index (χ3v) is 4.74. The molecule has 2 aromatic heterocycles. The van der Waals surface area contributed by atoms with Gasteiger partial charge < -0.3 is 14.6 Å². The molecule has 0 unspecified atom stereocenters. The summed E-state index contributed by atoms with van der Waals surface area (Å²) < 4.78 is 11.2. The molecule has 1 fully saturated rings. The van der Waals surface area contributed by atoms with Crippen LogP contribution in [0.25, 0.3) is 11.0 Å². The molecule has 2 heterocycles. The molecule has 0 spiro atoms. The SMILES string of the molecule is O=C(Cc1noc2ccccc12)NC1CCC(Oc2ccccn2)CC1. The fraction of sp³-hybridized carbons (Fsp3) is 0.350. The summed E-state index contributed by atoms with van der Waals surface area (Å²) in [7, 11) is 0. The van der Waals surface area contributed by atoms with Crippen LogP contribution >= 0.6 is 0 Å². The topological polar surface area (TPSA) is 77.2 Å². The minimum Gasteiger partial charge on any atom is -0.474 e. The van der Waals surface area contributed by atoms with Crippen LogP contribution in [-0.2, 0) is 11.2 Å². The Kier molecular flexibility index (Phi) is 4.82. The van der Waals surface area contributed by atoms with Gasteiger partial charge in [0.05, 0.1) is 6.42 Å². The molecule has 1 amide bonds. The van der Waals surface area contributed by atoms with Gasteiger partial charge in [0.2, 0.25) is 11.8 Å². The summed E-state index contributed by atoms with van der Waals surface area (Å²) >= 11 is 0. The fourth-order valence-electron chi connectivity index (χ4n) is 3.41. The Bertz CT molecular complexity index is 870. The van der Waals surface area contributed by atoms with Crippen molar-refractivity contribution in [1.82, 2.24) is 15.5 Å². The third-order valence-electron chi connectivity index (χ3n) is 4.74. The molecule has 6 nitrogen and oxygen atoms in total. The number of ether oxygens (including phenoxy) is 1. The maximum Gasteiger partial charge on any atom is 0.226 e. The monoisotopic (exact) mass is 351 g/mol. The molecular formula is C20H21N3O3. The largest absolute Gasteiger partial charge is 0.474 e. The summed E-state index contributed by atoms with van der Waals surface area (Å²) in [6.45, 7) is 0. The Morgan fingerprint density at radius 3 is 2.73 bits per heavy atom. The number of para-hydroxylation sites is 1. The van der Waals surface area contributed by atoms with Crippen LogP contribution in [0, 0.1) is 0 Å². The first-order valence-electron chi connectivity index (χ1n) is 8.98. The van der Waals surface area contributed by atoms with E-state index in [1.807, 2.05) is 42.5 Å². The number of pyridine rings is 1. The molecule has 0 radical (unpaired) electrons. The number of carbonyl (C=O) groups is 1. The van der Waals surface area contributed by atoms with Gasteiger partial charge in [0.25, 0.3) is 0 Å².